The number of rotatable bonds is 7. The predicted octanol–water partition coefficient (Wildman–Crippen LogP) is 8.16. The molecule has 0 N–H and O–H groups in total. The molecule has 2 fully saturated rings. The maximum atomic E-state index is 2.53. The smallest absolute Gasteiger partial charge is 0.0136 e. The van der Waals surface area contributed by atoms with E-state index in [2.05, 4.69) is 45.0 Å². The summed E-state index contributed by atoms with van der Waals surface area (Å²) in [7, 11) is 0. The predicted molar refractivity (Wildman–Crippen MR) is 115 cm³/mol. The van der Waals surface area contributed by atoms with Gasteiger partial charge in [-0.15, -0.1) is 0 Å². The number of hydrogen-bond acceptors (Lipinski definition) is 0. The maximum absolute atomic E-state index is 2.53. The molecule has 0 aliphatic heterocycles. The molecule has 1 aromatic carbocycles. The Morgan fingerprint density at radius 2 is 1.50 bits per heavy atom. The van der Waals surface area contributed by atoms with Crippen LogP contribution in [0.4, 0.5) is 0 Å². The highest BCUT2D eigenvalue weighted by Crippen LogP contribution is 2.46. The van der Waals surface area contributed by atoms with Crippen molar-refractivity contribution in [1.82, 2.24) is 0 Å². The van der Waals surface area contributed by atoms with Gasteiger partial charge in [-0.25, -0.2) is 0 Å². The van der Waals surface area contributed by atoms with Crippen molar-refractivity contribution < 1.29 is 0 Å². The van der Waals surface area contributed by atoms with Crippen LogP contribution in [0.3, 0.4) is 0 Å². The van der Waals surface area contributed by atoms with Crippen LogP contribution < -0.4 is 0 Å². The first-order valence-electron chi connectivity index (χ1n) is 11.8. The average molecular weight is 355 g/mol. The molecule has 0 spiro atoms. The molecule has 146 valence electrons. The van der Waals surface area contributed by atoms with Crippen molar-refractivity contribution >= 4 is 0 Å². The van der Waals surface area contributed by atoms with Crippen molar-refractivity contribution in [2.24, 2.45) is 23.7 Å². The average Bonchev–Trinajstić information content (AvgIpc) is 2.69. The van der Waals surface area contributed by atoms with Gasteiger partial charge in [0.2, 0.25) is 0 Å². The minimum absolute atomic E-state index is 0.808. The van der Waals surface area contributed by atoms with Crippen LogP contribution in [-0.2, 0) is 6.42 Å². The zero-order chi connectivity index (χ0) is 18.4. The van der Waals surface area contributed by atoms with Crippen LogP contribution in [0, 0.1) is 23.7 Å². The highest BCUT2D eigenvalue weighted by Gasteiger charge is 2.34. The Hall–Kier alpha value is -0.780. The van der Waals surface area contributed by atoms with Crippen molar-refractivity contribution in [2.75, 3.05) is 0 Å². The normalized spacial score (nSPS) is 32.5. The molecule has 0 aromatic heterocycles. The van der Waals surface area contributed by atoms with E-state index in [0.717, 1.165) is 36.0 Å². The van der Waals surface area contributed by atoms with E-state index < -0.39 is 0 Å². The summed E-state index contributed by atoms with van der Waals surface area (Å²) in [5.74, 6) is 4.80. The van der Waals surface area contributed by atoms with Crippen molar-refractivity contribution in [3.63, 3.8) is 0 Å². The highest BCUT2D eigenvalue weighted by molar-refractivity contribution is 5.26. The first kappa shape index (κ1) is 20.0. The van der Waals surface area contributed by atoms with Crippen LogP contribution in [0.5, 0.6) is 0 Å². The molecule has 3 unspecified atom stereocenters. The van der Waals surface area contributed by atoms with E-state index in [0.29, 0.717) is 0 Å². The fourth-order valence-corrected chi connectivity index (χ4v) is 5.99. The van der Waals surface area contributed by atoms with Crippen LogP contribution in [0.2, 0.25) is 0 Å². The molecule has 3 rings (SSSR count). The molecule has 2 aliphatic carbocycles. The third kappa shape index (κ3) is 5.14. The molecule has 0 amide bonds. The lowest BCUT2D eigenvalue weighted by Crippen LogP contribution is -2.29. The van der Waals surface area contributed by atoms with Gasteiger partial charge in [0.15, 0.2) is 0 Å². The molecule has 26 heavy (non-hydrogen) atoms. The van der Waals surface area contributed by atoms with Crippen molar-refractivity contribution in [2.45, 2.75) is 104 Å². The molecular weight excluding hydrogens is 312 g/mol. The lowest BCUT2D eigenvalue weighted by Gasteiger charge is -2.41. The lowest BCUT2D eigenvalue weighted by molar-refractivity contribution is 0.130. The Morgan fingerprint density at radius 3 is 2.12 bits per heavy atom. The van der Waals surface area contributed by atoms with E-state index in [-0.39, 0.29) is 0 Å². The quantitative estimate of drug-likeness (QED) is 0.433. The Kier molecular flexibility index (Phi) is 7.64. The van der Waals surface area contributed by atoms with E-state index in [1.54, 1.807) is 5.56 Å². The first-order valence-corrected chi connectivity index (χ1v) is 11.8. The summed E-state index contributed by atoms with van der Waals surface area (Å²) in [6.45, 7) is 7.11. The zero-order valence-electron chi connectivity index (χ0n) is 17.7. The molecular formula is C26H42. The van der Waals surface area contributed by atoms with Crippen LogP contribution >= 0.6 is 0 Å². The molecule has 1 aromatic rings. The Bertz CT molecular complexity index is 505. The van der Waals surface area contributed by atoms with Crippen LogP contribution in [0.15, 0.2) is 24.3 Å². The van der Waals surface area contributed by atoms with Gasteiger partial charge in [0, 0.05) is 0 Å². The zero-order valence-corrected chi connectivity index (χ0v) is 17.7. The van der Waals surface area contributed by atoms with E-state index in [1.165, 1.54) is 76.2 Å². The third-order valence-corrected chi connectivity index (χ3v) is 7.80. The molecule has 0 saturated heterocycles. The molecule has 0 heterocycles. The SMILES string of the molecule is CCCCC[C@H]1CC[C@H](C2CCC(c3ccc(CC)cc3)C(C)C2)CC1. The second-order valence-electron chi connectivity index (χ2n) is 9.53. The van der Waals surface area contributed by atoms with E-state index >= 15 is 0 Å². The largest absolute Gasteiger partial charge is 0.0654 e. The molecule has 2 aliphatic rings. The van der Waals surface area contributed by atoms with Gasteiger partial charge in [-0.05, 0) is 79.2 Å². The number of benzene rings is 1. The van der Waals surface area contributed by atoms with Gasteiger partial charge in [0.1, 0.15) is 0 Å². The van der Waals surface area contributed by atoms with Crippen molar-refractivity contribution in [3.05, 3.63) is 35.4 Å². The fraction of sp³-hybridized carbons (Fsp3) is 0.769. The molecule has 3 atom stereocenters. The number of hydrogen-bond donors (Lipinski definition) is 0. The summed E-state index contributed by atoms with van der Waals surface area (Å²) in [4.78, 5) is 0. The summed E-state index contributed by atoms with van der Waals surface area (Å²) in [6.07, 6.45) is 17.5. The van der Waals surface area contributed by atoms with Gasteiger partial charge >= 0.3 is 0 Å². The third-order valence-electron chi connectivity index (χ3n) is 7.80. The maximum Gasteiger partial charge on any atom is -0.0136 e. The summed E-state index contributed by atoms with van der Waals surface area (Å²) >= 11 is 0. The fourth-order valence-electron chi connectivity index (χ4n) is 5.99. The second kappa shape index (κ2) is 9.95. The van der Waals surface area contributed by atoms with Gasteiger partial charge in [-0.3, -0.25) is 0 Å². The molecule has 0 heteroatoms. The summed E-state index contributed by atoms with van der Waals surface area (Å²) in [5, 5.41) is 0. The topological polar surface area (TPSA) is 0 Å². The van der Waals surface area contributed by atoms with E-state index in [4.69, 9.17) is 0 Å². The Morgan fingerprint density at radius 1 is 0.808 bits per heavy atom. The summed E-state index contributed by atoms with van der Waals surface area (Å²) < 4.78 is 0. The van der Waals surface area contributed by atoms with Gasteiger partial charge in [0.05, 0.1) is 0 Å². The highest BCUT2D eigenvalue weighted by atomic mass is 14.4. The van der Waals surface area contributed by atoms with E-state index in [1.807, 2.05) is 0 Å². The lowest BCUT2D eigenvalue weighted by atomic mass is 9.64. The van der Waals surface area contributed by atoms with E-state index in [9.17, 15) is 0 Å². The molecule has 2 saturated carbocycles. The monoisotopic (exact) mass is 354 g/mol. The van der Waals surface area contributed by atoms with Crippen LogP contribution in [-0.4, -0.2) is 0 Å². The van der Waals surface area contributed by atoms with Crippen LogP contribution in [0.1, 0.15) is 108 Å². The molecule has 0 radical (unpaired) electrons. The Labute approximate surface area is 163 Å². The van der Waals surface area contributed by atoms with Gasteiger partial charge in [-0.2, -0.15) is 0 Å². The van der Waals surface area contributed by atoms with Gasteiger partial charge in [-0.1, -0.05) is 83.6 Å². The second-order valence-corrected chi connectivity index (χ2v) is 9.53. The van der Waals surface area contributed by atoms with Gasteiger partial charge in [0.25, 0.3) is 0 Å². The van der Waals surface area contributed by atoms with Gasteiger partial charge < -0.3 is 0 Å². The number of aryl methyl sites for hydroxylation is 1. The van der Waals surface area contributed by atoms with Crippen LogP contribution in [0.25, 0.3) is 0 Å². The standard InChI is InChI=1S/C26H42/c1-4-6-7-8-22-11-13-23(14-12-22)25-17-18-26(20(3)19-25)24-15-9-21(5-2)10-16-24/h9-10,15-16,20,22-23,25-26H,4-8,11-14,17-19H2,1-3H3/t20?,22-,23-,25?,26?. The number of unbranched alkanes of at least 4 members (excludes halogenated alkanes) is 2. The van der Waals surface area contributed by atoms with Crippen molar-refractivity contribution in [3.8, 4) is 0 Å². The minimum atomic E-state index is 0.808. The first-order chi connectivity index (χ1) is 12.7. The molecule has 0 nitrogen and oxygen atoms in total. The minimum Gasteiger partial charge on any atom is -0.0654 e. The Balaban J connectivity index is 1.46. The summed E-state index contributed by atoms with van der Waals surface area (Å²) in [6, 6.07) is 9.55. The molecule has 0 bridgehead atoms. The van der Waals surface area contributed by atoms with Crippen molar-refractivity contribution in [1.29, 1.82) is 0 Å². The summed E-state index contributed by atoms with van der Waals surface area (Å²) in [5.41, 5.74) is 3.08.